The summed E-state index contributed by atoms with van der Waals surface area (Å²) in [4.78, 5) is 27.7. The molecule has 7 nitrogen and oxygen atoms in total. The Morgan fingerprint density at radius 3 is 2.66 bits per heavy atom. The van der Waals surface area contributed by atoms with Crippen LogP contribution < -0.4 is 15.1 Å². The number of nitrogens with zero attached hydrogens (tertiary/aromatic N) is 2. The zero-order valence-electron chi connectivity index (χ0n) is 17.9. The number of cyclic esters (lactones) is 1. The topological polar surface area (TPSA) is 71.1 Å². The molecule has 2 fully saturated rings. The Morgan fingerprint density at radius 1 is 1.19 bits per heavy atom. The van der Waals surface area contributed by atoms with Gasteiger partial charge in [-0.25, -0.2) is 9.18 Å². The van der Waals surface area contributed by atoms with Crippen molar-refractivity contribution in [2.45, 2.75) is 13.0 Å². The fourth-order valence-corrected chi connectivity index (χ4v) is 3.69. The number of carbonyl (C=O) groups excluding carboxylic acids is 2. The molecule has 0 radical (unpaired) electrons. The van der Waals surface area contributed by atoms with Crippen LogP contribution in [0, 0.1) is 12.7 Å². The molecule has 2 aliphatic heterocycles. The Morgan fingerprint density at radius 2 is 1.94 bits per heavy atom. The average molecular weight is 439 g/mol. The van der Waals surface area contributed by atoms with Gasteiger partial charge in [0.2, 0.25) is 5.91 Å². The lowest BCUT2D eigenvalue weighted by molar-refractivity contribution is -0.116. The molecule has 8 heteroatoms. The summed E-state index contributed by atoms with van der Waals surface area (Å²) in [7, 11) is 0. The Balaban J connectivity index is 1.31. The van der Waals surface area contributed by atoms with E-state index in [0.717, 1.165) is 11.1 Å². The van der Waals surface area contributed by atoms with Crippen molar-refractivity contribution in [1.29, 1.82) is 0 Å². The quantitative estimate of drug-likeness (QED) is 0.701. The number of carbonyl (C=O) groups is 2. The zero-order chi connectivity index (χ0) is 22.5. The lowest BCUT2D eigenvalue weighted by Crippen LogP contribution is -2.36. The van der Waals surface area contributed by atoms with Crippen LogP contribution in [0.25, 0.3) is 6.08 Å². The van der Waals surface area contributed by atoms with Gasteiger partial charge in [0.1, 0.15) is 11.9 Å². The van der Waals surface area contributed by atoms with Crippen molar-refractivity contribution in [3.05, 3.63) is 65.5 Å². The molecule has 0 saturated carbocycles. The van der Waals surface area contributed by atoms with E-state index in [1.165, 1.54) is 17.0 Å². The normalized spacial score (nSPS) is 18.8. The molecular formula is C24H26FN3O4. The summed E-state index contributed by atoms with van der Waals surface area (Å²) in [5, 5.41) is 2.74. The molecular weight excluding hydrogens is 413 g/mol. The maximum atomic E-state index is 14.7. The van der Waals surface area contributed by atoms with Crippen molar-refractivity contribution in [3.63, 3.8) is 0 Å². The molecule has 2 amide bonds. The molecule has 4 rings (SSSR count). The van der Waals surface area contributed by atoms with Gasteiger partial charge in [0.25, 0.3) is 0 Å². The van der Waals surface area contributed by atoms with E-state index in [1.807, 2.05) is 36.1 Å². The van der Waals surface area contributed by atoms with Gasteiger partial charge in [-0.3, -0.25) is 9.69 Å². The third-order valence-electron chi connectivity index (χ3n) is 5.48. The molecule has 2 saturated heterocycles. The van der Waals surface area contributed by atoms with Gasteiger partial charge >= 0.3 is 6.09 Å². The summed E-state index contributed by atoms with van der Waals surface area (Å²) < 4.78 is 25.3. The standard InChI is InChI=1S/C24H26FN3O4/c1-17-2-4-18(5-3-17)6-9-23(29)26-15-20-16-28(24(30)32-20)19-7-8-22(21(25)14-19)27-10-12-31-13-11-27/h2-9,14,20H,10-13,15-16H2,1H3,(H,26,29). The number of nitrogens with one attached hydrogen (secondary N) is 1. The van der Waals surface area contributed by atoms with Gasteiger partial charge in [-0.2, -0.15) is 0 Å². The summed E-state index contributed by atoms with van der Waals surface area (Å²) in [5.41, 5.74) is 2.99. The van der Waals surface area contributed by atoms with Crippen molar-refractivity contribution in [1.82, 2.24) is 5.32 Å². The van der Waals surface area contributed by atoms with Gasteiger partial charge < -0.3 is 19.7 Å². The smallest absolute Gasteiger partial charge is 0.414 e. The maximum absolute atomic E-state index is 14.7. The van der Waals surface area contributed by atoms with E-state index >= 15 is 0 Å². The van der Waals surface area contributed by atoms with Gasteiger partial charge in [-0.05, 0) is 36.8 Å². The first kappa shape index (κ1) is 21.8. The SMILES string of the molecule is Cc1ccc(C=CC(=O)NCC2CN(c3ccc(N4CCOCC4)c(F)c3)C(=O)O2)cc1. The number of aryl methyl sites for hydroxylation is 1. The number of anilines is 2. The van der Waals surface area contributed by atoms with E-state index in [4.69, 9.17) is 9.47 Å². The summed E-state index contributed by atoms with van der Waals surface area (Å²) in [6.45, 7) is 4.79. The minimum absolute atomic E-state index is 0.174. The highest BCUT2D eigenvalue weighted by atomic mass is 19.1. The number of amides is 2. The molecule has 168 valence electrons. The van der Waals surface area contributed by atoms with Crippen LogP contribution in [-0.2, 0) is 14.3 Å². The number of rotatable bonds is 6. The molecule has 1 atom stereocenters. The number of morpholine rings is 1. The van der Waals surface area contributed by atoms with E-state index < -0.39 is 18.0 Å². The highest BCUT2D eigenvalue weighted by Crippen LogP contribution is 2.28. The van der Waals surface area contributed by atoms with Gasteiger partial charge in [0.15, 0.2) is 0 Å². The predicted molar refractivity (Wildman–Crippen MR) is 120 cm³/mol. The van der Waals surface area contributed by atoms with Crippen molar-refractivity contribution in [2.24, 2.45) is 0 Å². The third-order valence-corrected chi connectivity index (χ3v) is 5.48. The Kier molecular flexibility index (Phi) is 6.70. The van der Waals surface area contributed by atoms with Gasteiger partial charge in [0, 0.05) is 19.2 Å². The van der Waals surface area contributed by atoms with E-state index in [9.17, 15) is 14.0 Å². The van der Waals surface area contributed by atoms with Crippen LogP contribution in [0.15, 0.2) is 48.5 Å². The van der Waals surface area contributed by atoms with Crippen molar-refractivity contribution >= 4 is 29.5 Å². The molecule has 2 aliphatic rings. The molecule has 0 bridgehead atoms. The van der Waals surface area contributed by atoms with Gasteiger partial charge in [0.05, 0.1) is 37.7 Å². The third kappa shape index (κ3) is 5.26. The highest BCUT2D eigenvalue weighted by Gasteiger charge is 2.33. The number of hydrogen-bond donors (Lipinski definition) is 1. The number of benzene rings is 2. The second-order valence-corrected chi connectivity index (χ2v) is 7.84. The van der Waals surface area contributed by atoms with Crippen LogP contribution in [0.5, 0.6) is 0 Å². The summed E-state index contributed by atoms with van der Waals surface area (Å²) in [5.74, 6) is -0.670. The predicted octanol–water partition coefficient (Wildman–Crippen LogP) is 3.13. The summed E-state index contributed by atoms with van der Waals surface area (Å²) >= 11 is 0. The van der Waals surface area contributed by atoms with E-state index in [0.29, 0.717) is 37.7 Å². The van der Waals surface area contributed by atoms with Crippen molar-refractivity contribution < 1.29 is 23.5 Å². The molecule has 2 aromatic rings. The van der Waals surface area contributed by atoms with Crippen LogP contribution in [-0.4, -0.2) is 57.5 Å². The number of ether oxygens (including phenoxy) is 2. The Bertz CT molecular complexity index is 1000. The fraction of sp³-hybridized carbons (Fsp3) is 0.333. The molecule has 0 aromatic heterocycles. The molecule has 0 aliphatic carbocycles. The van der Waals surface area contributed by atoms with Crippen LogP contribution >= 0.6 is 0 Å². The van der Waals surface area contributed by atoms with Crippen molar-refractivity contribution in [2.75, 3.05) is 49.2 Å². The second kappa shape index (κ2) is 9.82. The summed E-state index contributed by atoms with van der Waals surface area (Å²) in [6, 6.07) is 12.5. The van der Waals surface area contributed by atoms with Crippen LogP contribution in [0.3, 0.4) is 0 Å². The van der Waals surface area contributed by atoms with Crippen LogP contribution in [0.4, 0.5) is 20.6 Å². The molecule has 2 aromatic carbocycles. The second-order valence-electron chi connectivity index (χ2n) is 7.84. The lowest BCUT2D eigenvalue weighted by atomic mass is 10.1. The first-order valence-electron chi connectivity index (χ1n) is 10.6. The molecule has 32 heavy (non-hydrogen) atoms. The van der Waals surface area contributed by atoms with Crippen LogP contribution in [0.1, 0.15) is 11.1 Å². The van der Waals surface area contributed by atoms with E-state index in [2.05, 4.69) is 5.32 Å². The maximum Gasteiger partial charge on any atom is 0.414 e. The van der Waals surface area contributed by atoms with Crippen molar-refractivity contribution in [3.8, 4) is 0 Å². The zero-order valence-corrected chi connectivity index (χ0v) is 17.9. The monoisotopic (exact) mass is 439 g/mol. The van der Waals surface area contributed by atoms with Gasteiger partial charge in [-0.15, -0.1) is 0 Å². The number of halogens is 1. The first-order valence-corrected chi connectivity index (χ1v) is 10.6. The fourth-order valence-electron chi connectivity index (χ4n) is 3.69. The minimum atomic E-state index is -0.557. The van der Waals surface area contributed by atoms with Gasteiger partial charge in [-0.1, -0.05) is 29.8 Å². The lowest BCUT2D eigenvalue weighted by Gasteiger charge is -2.29. The van der Waals surface area contributed by atoms with E-state index in [1.54, 1.807) is 18.2 Å². The average Bonchev–Trinajstić information content (AvgIpc) is 3.18. The molecule has 1 N–H and O–H groups in total. The number of hydrogen-bond acceptors (Lipinski definition) is 5. The highest BCUT2D eigenvalue weighted by molar-refractivity contribution is 5.92. The van der Waals surface area contributed by atoms with Crippen LogP contribution in [0.2, 0.25) is 0 Å². The Hall–Kier alpha value is -3.39. The molecule has 1 unspecified atom stereocenters. The van der Waals surface area contributed by atoms with E-state index in [-0.39, 0.29) is 19.0 Å². The Labute approximate surface area is 186 Å². The molecule has 0 spiro atoms. The summed E-state index contributed by atoms with van der Waals surface area (Å²) in [6.07, 6.45) is 2.10. The minimum Gasteiger partial charge on any atom is -0.442 e. The largest absolute Gasteiger partial charge is 0.442 e. The first-order chi connectivity index (χ1) is 15.5. The molecule has 2 heterocycles.